The summed E-state index contributed by atoms with van der Waals surface area (Å²) in [4.78, 5) is 0. The van der Waals surface area contributed by atoms with Crippen LogP contribution in [0.5, 0.6) is 0 Å². The van der Waals surface area contributed by atoms with E-state index in [0.29, 0.717) is 18.1 Å². The molecule has 3 heteroatoms. The Balaban J connectivity index is 1.77. The second-order valence-corrected chi connectivity index (χ2v) is 4.36. The van der Waals surface area contributed by atoms with Crippen molar-refractivity contribution >= 4 is 0 Å². The average molecular weight is 193 g/mol. The highest BCUT2D eigenvalue weighted by Gasteiger charge is 2.43. The van der Waals surface area contributed by atoms with Gasteiger partial charge >= 0.3 is 0 Å². The van der Waals surface area contributed by atoms with Crippen molar-refractivity contribution in [1.29, 1.82) is 0 Å². The second kappa shape index (κ2) is 3.11. The molecule has 0 saturated carbocycles. The van der Waals surface area contributed by atoms with Gasteiger partial charge in [-0.2, -0.15) is 0 Å². The Labute approximate surface area is 83.2 Å². The van der Waals surface area contributed by atoms with Gasteiger partial charge in [-0.05, 0) is 25.3 Å². The minimum absolute atomic E-state index is 0.0871. The molecule has 2 saturated heterocycles. The second-order valence-electron chi connectivity index (χ2n) is 4.36. The lowest BCUT2D eigenvalue weighted by Gasteiger charge is -2.24. The van der Waals surface area contributed by atoms with Gasteiger partial charge < -0.3 is 14.9 Å². The number of furan rings is 1. The van der Waals surface area contributed by atoms with Gasteiger partial charge in [0.2, 0.25) is 0 Å². The summed E-state index contributed by atoms with van der Waals surface area (Å²) in [6, 6.07) is 2.04. The first-order chi connectivity index (χ1) is 6.84. The molecule has 0 amide bonds. The maximum Gasteiger partial charge on any atom is 0.0950 e. The molecule has 2 bridgehead atoms. The average Bonchev–Trinajstić information content (AvgIpc) is 2.93. The van der Waals surface area contributed by atoms with Crippen LogP contribution in [0.15, 0.2) is 23.0 Å². The standard InChI is InChI=1S/C11H15NO2/c12-11(7-3-4-13-6-7)9-5-8-1-2-10(9)14-8/h3-4,6,8-11H,1-2,5,12H2. The van der Waals surface area contributed by atoms with E-state index < -0.39 is 0 Å². The fourth-order valence-corrected chi connectivity index (χ4v) is 2.77. The minimum atomic E-state index is 0.0871. The maximum absolute atomic E-state index is 6.19. The zero-order valence-electron chi connectivity index (χ0n) is 8.06. The van der Waals surface area contributed by atoms with E-state index in [-0.39, 0.29) is 6.04 Å². The highest BCUT2D eigenvalue weighted by Crippen LogP contribution is 2.43. The van der Waals surface area contributed by atoms with Gasteiger partial charge in [-0.1, -0.05) is 0 Å². The highest BCUT2D eigenvalue weighted by atomic mass is 16.5. The zero-order valence-corrected chi connectivity index (χ0v) is 8.06. The van der Waals surface area contributed by atoms with Gasteiger partial charge in [0.25, 0.3) is 0 Å². The molecule has 3 heterocycles. The molecule has 3 rings (SSSR count). The predicted octanol–water partition coefficient (Wildman–Crippen LogP) is 1.85. The summed E-state index contributed by atoms with van der Waals surface area (Å²) in [6.07, 6.45) is 7.82. The van der Waals surface area contributed by atoms with Crippen molar-refractivity contribution in [2.75, 3.05) is 0 Å². The van der Waals surface area contributed by atoms with Crippen molar-refractivity contribution in [2.45, 2.75) is 37.5 Å². The summed E-state index contributed by atoms with van der Waals surface area (Å²) in [5, 5.41) is 0. The van der Waals surface area contributed by atoms with Crippen LogP contribution in [-0.4, -0.2) is 12.2 Å². The van der Waals surface area contributed by atoms with Crippen LogP contribution < -0.4 is 5.73 Å². The third kappa shape index (κ3) is 1.20. The summed E-state index contributed by atoms with van der Waals surface area (Å²) in [5.74, 6) is 0.492. The van der Waals surface area contributed by atoms with Crippen molar-refractivity contribution < 1.29 is 9.15 Å². The van der Waals surface area contributed by atoms with Gasteiger partial charge in [0.1, 0.15) is 0 Å². The van der Waals surface area contributed by atoms with E-state index in [2.05, 4.69) is 0 Å². The quantitative estimate of drug-likeness (QED) is 0.779. The Morgan fingerprint density at radius 3 is 2.93 bits per heavy atom. The van der Waals surface area contributed by atoms with E-state index >= 15 is 0 Å². The Morgan fingerprint density at radius 1 is 1.43 bits per heavy atom. The predicted molar refractivity (Wildman–Crippen MR) is 51.6 cm³/mol. The van der Waals surface area contributed by atoms with Crippen LogP contribution in [0.2, 0.25) is 0 Å². The van der Waals surface area contributed by atoms with Crippen LogP contribution in [0.25, 0.3) is 0 Å². The van der Waals surface area contributed by atoms with E-state index in [9.17, 15) is 0 Å². The first-order valence-electron chi connectivity index (χ1n) is 5.28. The van der Waals surface area contributed by atoms with Crippen LogP contribution >= 0.6 is 0 Å². The third-order valence-electron chi connectivity index (χ3n) is 3.54. The largest absolute Gasteiger partial charge is 0.472 e. The molecule has 0 aliphatic carbocycles. The number of ether oxygens (including phenoxy) is 1. The first kappa shape index (κ1) is 8.50. The number of hydrogen-bond acceptors (Lipinski definition) is 3. The summed E-state index contributed by atoms with van der Waals surface area (Å²) >= 11 is 0. The van der Waals surface area contributed by atoms with E-state index in [1.54, 1.807) is 12.5 Å². The smallest absolute Gasteiger partial charge is 0.0950 e. The molecule has 0 aromatic carbocycles. The number of nitrogens with two attached hydrogens (primary N) is 1. The molecule has 0 radical (unpaired) electrons. The van der Waals surface area contributed by atoms with Gasteiger partial charge in [0.15, 0.2) is 0 Å². The van der Waals surface area contributed by atoms with Crippen LogP contribution in [-0.2, 0) is 4.74 Å². The van der Waals surface area contributed by atoms with E-state index in [4.69, 9.17) is 14.9 Å². The van der Waals surface area contributed by atoms with Crippen molar-refractivity contribution in [1.82, 2.24) is 0 Å². The maximum atomic E-state index is 6.19. The highest BCUT2D eigenvalue weighted by molar-refractivity contribution is 5.14. The summed E-state index contributed by atoms with van der Waals surface area (Å²) in [7, 11) is 0. The molecule has 2 aliphatic heterocycles. The molecule has 2 aliphatic rings. The van der Waals surface area contributed by atoms with Crippen molar-refractivity contribution in [2.24, 2.45) is 11.7 Å². The number of fused-ring (bicyclic) bond motifs is 2. The Hall–Kier alpha value is -0.800. The first-order valence-corrected chi connectivity index (χ1v) is 5.28. The molecular formula is C11H15NO2. The Bertz CT molecular complexity index is 309. The number of hydrogen-bond donors (Lipinski definition) is 1. The van der Waals surface area contributed by atoms with Crippen LogP contribution in [0.3, 0.4) is 0 Å². The molecule has 4 atom stereocenters. The molecule has 1 aromatic rings. The van der Waals surface area contributed by atoms with Gasteiger partial charge in [-0.15, -0.1) is 0 Å². The monoisotopic (exact) mass is 193 g/mol. The van der Waals surface area contributed by atoms with Crippen molar-refractivity contribution in [3.63, 3.8) is 0 Å². The molecule has 3 nitrogen and oxygen atoms in total. The fraction of sp³-hybridized carbons (Fsp3) is 0.636. The van der Waals surface area contributed by atoms with E-state index in [1.165, 1.54) is 12.8 Å². The third-order valence-corrected chi connectivity index (χ3v) is 3.54. The van der Waals surface area contributed by atoms with Gasteiger partial charge in [-0.25, -0.2) is 0 Å². The minimum Gasteiger partial charge on any atom is -0.472 e. The summed E-state index contributed by atoms with van der Waals surface area (Å²) in [5.41, 5.74) is 7.29. The normalized spacial score (nSPS) is 37.6. The van der Waals surface area contributed by atoms with E-state index in [0.717, 1.165) is 12.0 Å². The lowest BCUT2D eigenvalue weighted by molar-refractivity contribution is 0.0884. The fourth-order valence-electron chi connectivity index (χ4n) is 2.77. The Kier molecular flexibility index (Phi) is 1.89. The molecule has 4 unspecified atom stereocenters. The lowest BCUT2D eigenvalue weighted by Crippen LogP contribution is -2.28. The van der Waals surface area contributed by atoms with Crippen LogP contribution in [0, 0.1) is 5.92 Å². The molecule has 2 N–H and O–H groups in total. The Morgan fingerprint density at radius 2 is 2.36 bits per heavy atom. The van der Waals surface area contributed by atoms with Gasteiger partial charge in [0.05, 0.1) is 24.7 Å². The van der Waals surface area contributed by atoms with E-state index in [1.807, 2.05) is 6.07 Å². The lowest BCUT2D eigenvalue weighted by atomic mass is 9.82. The summed E-state index contributed by atoms with van der Waals surface area (Å²) in [6.45, 7) is 0. The molecular weight excluding hydrogens is 178 g/mol. The molecule has 1 aromatic heterocycles. The molecule has 76 valence electrons. The van der Waals surface area contributed by atoms with Crippen molar-refractivity contribution in [3.8, 4) is 0 Å². The van der Waals surface area contributed by atoms with Gasteiger partial charge in [-0.3, -0.25) is 0 Å². The van der Waals surface area contributed by atoms with Crippen LogP contribution in [0.1, 0.15) is 30.9 Å². The van der Waals surface area contributed by atoms with Crippen LogP contribution in [0.4, 0.5) is 0 Å². The topological polar surface area (TPSA) is 48.4 Å². The SMILES string of the molecule is NC(c1ccoc1)C1CC2CCC1O2. The summed E-state index contributed by atoms with van der Waals surface area (Å²) < 4.78 is 10.8. The molecule has 2 fully saturated rings. The van der Waals surface area contributed by atoms with Gasteiger partial charge in [0, 0.05) is 17.5 Å². The molecule has 14 heavy (non-hydrogen) atoms. The number of rotatable bonds is 2. The zero-order chi connectivity index (χ0) is 9.54. The van der Waals surface area contributed by atoms with Crippen molar-refractivity contribution in [3.05, 3.63) is 24.2 Å². The molecule has 0 spiro atoms.